The van der Waals surface area contributed by atoms with E-state index in [0.29, 0.717) is 19.4 Å². The van der Waals surface area contributed by atoms with Crippen molar-refractivity contribution < 1.29 is 9.59 Å². The third-order valence-electron chi connectivity index (χ3n) is 4.05. The van der Waals surface area contributed by atoms with E-state index in [9.17, 15) is 9.59 Å². The molecule has 1 aromatic carbocycles. The van der Waals surface area contributed by atoms with Gasteiger partial charge in [-0.1, -0.05) is 18.2 Å². The van der Waals surface area contributed by atoms with Crippen molar-refractivity contribution in [3.05, 3.63) is 59.4 Å². The molecule has 0 spiro atoms. The number of rotatable bonds is 6. The zero-order valence-electron chi connectivity index (χ0n) is 14.9. The molecule has 0 aliphatic heterocycles. The highest BCUT2D eigenvalue weighted by Gasteiger charge is 2.13. The number of anilines is 1. The summed E-state index contributed by atoms with van der Waals surface area (Å²) in [6.45, 7) is 2.47. The zero-order valence-corrected chi connectivity index (χ0v) is 14.9. The van der Waals surface area contributed by atoms with E-state index in [2.05, 4.69) is 15.6 Å². The highest BCUT2D eigenvalue weighted by Crippen LogP contribution is 2.18. The van der Waals surface area contributed by atoms with Crippen LogP contribution in [0.15, 0.2) is 42.7 Å². The van der Waals surface area contributed by atoms with E-state index in [-0.39, 0.29) is 11.9 Å². The van der Waals surface area contributed by atoms with Gasteiger partial charge in [-0.05, 0) is 42.2 Å². The Kier molecular flexibility index (Phi) is 6.51. The summed E-state index contributed by atoms with van der Waals surface area (Å²) >= 11 is 0. The molecule has 2 N–H and O–H groups in total. The average molecular weight is 340 g/mol. The number of hydrogen-bond acceptors (Lipinski definition) is 3. The second kappa shape index (κ2) is 8.82. The Morgan fingerprint density at radius 3 is 2.64 bits per heavy atom. The molecule has 0 saturated carbocycles. The van der Waals surface area contributed by atoms with Crippen LogP contribution in [0.2, 0.25) is 0 Å². The van der Waals surface area contributed by atoms with Gasteiger partial charge >= 0.3 is 6.03 Å². The van der Waals surface area contributed by atoms with E-state index in [0.717, 1.165) is 22.4 Å². The molecule has 3 amide bonds. The Morgan fingerprint density at radius 1 is 1.16 bits per heavy atom. The first-order chi connectivity index (χ1) is 12.0. The van der Waals surface area contributed by atoms with E-state index in [4.69, 9.17) is 0 Å². The molecule has 25 heavy (non-hydrogen) atoms. The predicted molar refractivity (Wildman–Crippen MR) is 98.3 cm³/mol. The summed E-state index contributed by atoms with van der Waals surface area (Å²) in [6, 6.07) is 9.26. The largest absolute Gasteiger partial charge is 0.359 e. The number of pyridine rings is 1. The molecule has 0 radical (unpaired) electrons. The first-order valence-corrected chi connectivity index (χ1v) is 8.21. The fourth-order valence-electron chi connectivity index (χ4n) is 2.45. The number of carbonyl (C=O) groups is 2. The van der Waals surface area contributed by atoms with Crippen LogP contribution in [-0.2, 0) is 17.8 Å². The topological polar surface area (TPSA) is 74.3 Å². The summed E-state index contributed by atoms with van der Waals surface area (Å²) in [4.78, 5) is 29.6. The second-order valence-electron chi connectivity index (χ2n) is 5.92. The van der Waals surface area contributed by atoms with E-state index < -0.39 is 0 Å². The Morgan fingerprint density at radius 2 is 1.92 bits per heavy atom. The SMILES string of the molecule is CNC(=O)CCc1ccccc1NC(=O)N(C)Cc1ccncc1C. The molecule has 0 saturated heterocycles. The molecule has 0 aliphatic carbocycles. The summed E-state index contributed by atoms with van der Waals surface area (Å²) in [5.41, 5.74) is 3.77. The smallest absolute Gasteiger partial charge is 0.321 e. The number of carbonyl (C=O) groups excluding carboxylic acids is 2. The van der Waals surface area contributed by atoms with Gasteiger partial charge in [0.25, 0.3) is 0 Å². The number of nitrogens with one attached hydrogen (secondary N) is 2. The highest BCUT2D eigenvalue weighted by atomic mass is 16.2. The van der Waals surface area contributed by atoms with Crippen molar-refractivity contribution in [1.82, 2.24) is 15.2 Å². The molecule has 0 aliphatic rings. The molecule has 1 heterocycles. The number of nitrogens with zero attached hydrogens (tertiary/aromatic N) is 2. The van der Waals surface area contributed by atoms with Gasteiger partial charge in [0, 0.05) is 45.1 Å². The minimum absolute atomic E-state index is 0.0218. The van der Waals surface area contributed by atoms with Crippen LogP contribution in [0.5, 0.6) is 0 Å². The van der Waals surface area contributed by atoms with Crippen LogP contribution < -0.4 is 10.6 Å². The van der Waals surface area contributed by atoms with Crippen molar-refractivity contribution in [1.29, 1.82) is 0 Å². The fraction of sp³-hybridized carbons (Fsp3) is 0.316. The average Bonchev–Trinajstić information content (AvgIpc) is 2.62. The van der Waals surface area contributed by atoms with Gasteiger partial charge in [0.2, 0.25) is 5.91 Å². The summed E-state index contributed by atoms with van der Waals surface area (Å²) in [6.07, 6.45) is 4.47. The Bertz CT molecular complexity index is 746. The maximum absolute atomic E-state index is 12.5. The van der Waals surface area contributed by atoms with Gasteiger partial charge < -0.3 is 15.5 Å². The number of amides is 3. The lowest BCUT2D eigenvalue weighted by Gasteiger charge is -2.20. The standard InChI is InChI=1S/C19H24N4O2/c1-14-12-21-11-10-16(14)13-23(3)19(25)22-17-7-5-4-6-15(17)8-9-18(24)20-2/h4-7,10-12H,8-9,13H2,1-3H3,(H,20,24)(H,22,25). The predicted octanol–water partition coefficient (Wildman–Crippen LogP) is 2.73. The maximum Gasteiger partial charge on any atom is 0.321 e. The summed E-state index contributed by atoms with van der Waals surface area (Å²) in [5.74, 6) is -0.0218. The van der Waals surface area contributed by atoms with Gasteiger partial charge in [-0.3, -0.25) is 9.78 Å². The first-order valence-electron chi connectivity index (χ1n) is 8.21. The molecule has 132 valence electrons. The third kappa shape index (κ3) is 5.31. The van der Waals surface area contributed by atoms with Crippen LogP contribution in [-0.4, -0.2) is 35.9 Å². The van der Waals surface area contributed by atoms with Gasteiger partial charge in [0.15, 0.2) is 0 Å². The Labute approximate surface area is 148 Å². The Hall–Kier alpha value is -2.89. The Balaban J connectivity index is 2.02. The quantitative estimate of drug-likeness (QED) is 0.849. The van der Waals surface area contributed by atoms with Crippen LogP contribution >= 0.6 is 0 Å². The van der Waals surface area contributed by atoms with Crippen molar-refractivity contribution in [3.8, 4) is 0 Å². The minimum atomic E-state index is -0.191. The summed E-state index contributed by atoms with van der Waals surface area (Å²) in [7, 11) is 3.37. The van der Waals surface area contributed by atoms with Crippen LogP contribution in [0.4, 0.5) is 10.5 Å². The van der Waals surface area contributed by atoms with Crippen molar-refractivity contribution in [2.45, 2.75) is 26.3 Å². The monoisotopic (exact) mass is 340 g/mol. The second-order valence-corrected chi connectivity index (χ2v) is 5.92. The van der Waals surface area contributed by atoms with Gasteiger partial charge in [0.1, 0.15) is 0 Å². The van der Waals surface area contributed by atoms with E-state index in [1.807, 2.05) is 37.3 Å². The van der Waals surface area contributed by atoms with Crippen LogP contribution in [0.25, 0.3) is 0 Å². The maximum atomic E-state index is 12.5. The minimum Gasteiger partial charge on any atom is -0.359 e. The molecule has 0 bridgehead atoms. The normalized spacial score (nSPS) is 10.2. The lowest BCUT2D eigenvalue weighted by molar-refractivity contribution is -0.120. The van der Waals surface area contributed by atoms with Gasteiger partial charge in [-0.2, -0.15) is 0 Å². The number of para-hydroxylation sites is 1. The van der Waals surface area contributed by atoms with E-state index in [1.165, 1.54) is 0 Å². The van der Waals surface area contributed by atoms with Gasteiger partial charge in [-0.15, -0.1) is 0 Å². The van der Waals surface area contributed by atoms with Gasteiger partial charge in [-0.25, -0.2) is 4.79 Å². The molecule has 0 unspecified atom stereocenters. The molecule has 6 nitrogen and oxygen atoms in total. The molecule has 2 rings (SSSR count). The van der Waals surface area contributed by atoms with E-state index in [1.54, 1.807) is 31.4 Å². The van der Waals surface area contributed by atoms with Crippen LogP contribution in [0.3, 0.4) is 0 Å². The third-order valence-corrected chi connectivity index (χ3v) is 4.05. The number of aromatic nitrogens is 1. The molecule has 2 aromatic rings. The fourth-order valence-corrected chi connectivity index (χ4v) is 2.45. The van der Waals surface area contributed by atoms with Crippen molar-refractivity contribution >= 4 is 17.6 Å². The zero-order chi connectivity index (χ0) is 18.2. The van der Waals surface area contributed by atoms with Crippen molar-refractivity contribution in [3.63, 3.8) is 0 Å². The molecule has 0 fully saturated rings. The van der Waals surface area contributed by atoms with Gasteiger partial charge in [0.05, 0.1) is 0 Å². The number of aryl methyl sites for hydroxylation is 2. The van der Waals surface area contributed by atoms with E-state index >= 15 is 0 Å². The van der Waals surface area contributed by atoms with Crippen molar-refractivity contribution in [2.24, 2.45) is 0 Å². The molecule has 1 aromatic heterocycles. The number of benzene rings is 1. The van der Waals surface area contributed by atoms with Crippen LogP contribution in [0.1, 0.15) is 23.1 Å². The molecule has 0 atom stereocenters. The van der Waals surface area contributed by atoms with Crippen LogP contribution in [0, 0.1) is 6.92 Å². The molecule has 6 heteroatoms. The molecular formula is C19H24N4O2. The highest BCUT2D eigenvalue weighted by molar-refractivity contribution is 5.90. The summed E-state index contributed by atoms with van der Waals surface area (Å²) in [5, 5.41) is 5.54. The first kappa shape index (κ1) is 18.4. The van der Waals surface area contributed by atoms with Crippen molar-refractivity contribution in [2.75, 3.05) is 19.4 Å². The number of hydrogen-bond donors (Lipinski definition) is 2. The molecular weight excluding hydrogens is 316 g/mol. The number of urea groups is 1. The summed E-state index contributed by atoms with van der Waals surface area (Å²) < 4.78 is 0. The lowest BCUT2D eigenvalue weighted by atomic mass is 10.1. The lowest BCUT2D eigenvalue weighted by Crippen LogP contribution is -2.31.